The Morgan fingerprint density at radius 1 is 1.06 bits per heavy atom. The van der Waals surface area contributed by atoms with Crippen molar-refractivity contribution in [1.29, 1.82) is 0 Å². The Kier molecular flexibility index (Phi) is 6.45. The zero-order valence-electron chi connectivity index (χ0n) is 20.3. The summed E-state index contributed by atoms with van der Waals surface area (Å²) in [5.74, 6) is 0. The van der Waals surface area contributed by atoms with Gasteiger partial charge in [0.25, 0.3) is 0 Å². The van der Waals surface area contributed by atoms with Crippen molar-refractivity contribution in [2.24, 2.45) is 5.41 Å². The van der Waals surface area contributed by atoms with Crippen LogP contribution in [0.2, 0.25) is 0 Å². The van der Waals surface area contributed by atoms with Crippen LogP contribution in [-0.4, -0.2) is 51.3 Å². The zero-order valence-corrected chi connectivity index (χ0v) is 20.3. The molecule has 0 spiro atoms. The predicted molar refractivity (Wildman–Crippen MR) is 127 cm³/mol. The van der Waals surface area contributed by atoms with Gasteiger partial charge in [0, 0.05) is 6.54 Å². The van der Waals surface area contributed by atoms with Gasteiger partial charge in [-0.1, -0.05) is 63.2 Å². The topological polar surface area (TPSA) is 70.1 Å². The molecule has 1 aliphatic heterocycles. The lowest BCUT2D eigenvalue weighted by Gasteiger charge is -2.44. The molecule has 6 heteroatoms. The van der Waals surface area contributed by atoms with E-state index in [0.717, 1.165) is 16.3 Å². The van der Waals surface area contributed by atoms with Gasteiger partial charge < -0.3 is 14.7 Å². The molecule has 6 nitrogen and oxygen atoms in total. The molecule has 0 bridgehead atoms. The van der Waals surface area contributed by atoms with Gasteiger partial charge in [-0.25, -0.2) is 9.59 Å². The van der Waals surface area contributed by atoms with E-state index in [2.05, 4.69) is 18.2 Å². The van der Waals surface area contributed by atoms with Gasteiger partial charge in [-0.05, 0) is 55.9 Å². The summed E-state index contributed by atoms with van der Waals surface area (Å²) in [6.45, 7) is 14.0. The van der Waals surface area contributed by atoms with Gasteiger partial charge in [0.2, 0.25) is 0 Å². The summed E-state index contributed by atoms with van der Waals surface area (Å²) in [7, 11) is 0. The van der Waals surface area contributed by atoms with Gasteiger partial charge in [-0.15, -0.1) is 0 Å². The second-order valence-corrected chi connectivity index (χ2v) is 10.8. The fourth-order valence-electron chi connectivity index (χ4n) is 4.99. The van der Waals surface area contributed by atoms with Crippen LogP contribution in [0.4, 0.5) is 9.59 Å². The van der Waals surface area contributed by atoms with Crippen LogP contribution in [0.15, 0.2) is 42.5 Å². The molecule has 1 aliphatic rings. The minimum Gasteiger partial charge on any atom is -0.465 e. The molecular formula is C26H36N2O4. The number of hydrogen-bond donors (Lipinski definition) is 1. The molecule has 2 aromatic rings. The second kappa shape index (κ2) is 8.64. The van der Waals surface area contributed by atoms with Crippen LogP contribution in [0.5, 0.6) is 0 Å². The summed E-state index contributed by atoms with van der Waals surface area (Å²) < 4.78 is 5.84. The van der Waals surface area contributed by atoms with E-state index in [-0.39, 0.29) is 23.5 Å². The number of hydrogen-bond acceptors (Lipinski definition) is 3. The number of carbonyl (C=O) groups excluding carboxylic acids is 1. The third kappa shape index (κ3) is 4.84. The maximum atomic E-state index is 13.6. The van der Waals surface area contributed by atoms with E-state index in [4.69, 9.17) is 4.74 Å². The molecule has 0 aliphatic carbocycles. The molecular weight excluding hydrogens is 404 g/mol. The number of carboxylic acid groups (broad SMARTS) is 1. The van der Waals surface area contributed by atoms with Crippen molar-refractivity contribution in [3.63, 3.8) is 0 Å². The van der Waals surface area contributed by atoms with Gasteiger partial charge in [-0.2, -0.15) is 0 Å². The monoisotopic (exact) mass is 440 g/mol. The SMILES string of the molecule is C[C@H](c1cccc2ccccc12)N(C(=O)OC(C)(C)C)C1CCN(C(=O)O)C1C(C)(C)C. The molecule has 2 unspecified atom stereocenters. The normalized spacial score (nSPS) is 20.3. The Labute approximate surface area is 191 Å². The van der Waals surface area contributed by atoms with E-state index in [0.29, 0.717) is 13.0 Å². The van der Waals surface area contributed by atoms with Crippen molar-refractivity contribution in [3.05, 3.63) is 48.0 Å². The molecule has 0 saturated carbocycles. The molecule has 3 atom stereocenters. The molecule has 1 saturated heterocycles. The van der Waals surface area contributed by atoms with Gasteiger partial charge in [0.1, 0.15) is 5.60 Å². The lowest BCUT2D eigenvalue weighted by molar-refractivity contribution is -0.00704. The van der Waals surface area contributed by atoms with Crippen LogP contribution in [-0.2, 0) is 4.74 Å². The standard InChI is InChI=1S/C26H36N2O4/c1-17(19-14-10-12-18-11-8-9-13-20(18)19)28(24(31)32-26(5,6)7)21-15-16-27(23(29)30)22(21)25(2,3)4/h8-14,17,21-22H,15-16H2,1-7H3,(H,29,30)/t17-,21?,22?/m1/s1. The summed E-state index contributed by atoms with van der Waals surface area (Å²) in [5, 5.41) is 12.0. The molecule has 32 heavy (non-hydrogen) atoms. The van der Waals surface area contributed by atoms with E-state index >= 15 is 0 Å². The van der Waals surface area contributed by atoms with Gasteiger partial charge >= 0.3 is 12.2 Å². The van der Waals surface area contributed by atoms with Crippen LogP contribution >= 0.6 is 0 Å². The van der Waals surface area contributed by atoms with Crippen molar-refractivity contribution in [2.75, 3.05) is 6.54 Å². The summed E-state index contributed by atoms with van der Waals surface area (Å²) >= 11 is 0. The highest BCUT2D eigenvalue weighted by molar-refractivity contribution is 5.86. The zero-order chi connectivity index (χ0) is 23.8. The first-order chi connectivity index (χ1) is 14.8. The van der Waals surface area contributed by atoms with Crippen LogP contribution in [0.1, 0.15) is 66.5 Å². The summed E-state index contributed by atoms with van der Waals surface area (Å²) in [5.41, 5.74) is 0.0180. The van der Waals surface area contributed by atoms with Crippen molar-refractivity contribution >= 4 is 23.0 Å². The highest BCUT2D eigenvalue weighted by Gasteiger charge is 2.49. The van der Waals surface area contributed by atoms with E-state index < -0.39 is 17.8 Å². The molecule has 174 valence electrons. The molecule has 1 heterocycles. The van der Waals surface area contributed by atoms with Crippen molar-refractivity contribution in [1.82, 2.24) is 9.80 Å². The number of amides is 2. The largest absolute Gasteiger partial charge is 0.465 e. The lowest BCUT2D eigenvalue weighted by atomic mass is 9.81. The van der Waals surface area contributed by atoms with E-state index in [9.17, 15) is 14.7 Å². The molecule has 1 N–H and O–H groups in total. The third-order valence-electron chi connectivity index (χ3n) is 6.15. The number of nitrogens with zero attached hydrogens (tertiary/aromatic N) is 2. The molecule has 2 amide bonds. The number of rotatable bonds is 3. The number of carbonyl (C=O) groups is 2. The van der Waals surface area contributed by atoms with Crippen molar-refractivity contribution < 1.29 is 19.4 Å². The van der Waals surface area contributed by atoms with E-state index in [1.807, 2.05) is 72.7 Å². The Hall–Kier alpha value is -2.76. The molecule has 0 radical (unpaired) electrons. The van der Waals surface area contributed by atoms with E-state index in [1.165, 1.54) is 4.90 Å². The first-order valence-corrected chi connectivity index (χ1v) is 11.3. The number of likely N-dealkylation sites (tertiary alicyclic amines) is 1. The first kappa shape index (κ1) is 23.9. The fourth-order valence-corrected chi connectivity index (χ4v) is 4.99. The molecule has 0 aromatic heterocycles. The van der Waals surface area contributed by atoms with Crippen LogP contribution in [0.3, 0.4) is 0 Å². The molecule has 3 rings (SSSR count). The Morgan fingerprint density at radius 3 is 2.28 bits per heavy atom. The smallest absolute Gasteiger partial charge is 0.411 e. The van der Waals surface area contributed by atoms with Crippen LogP contribution in [0.25, 0.3) is 10.8 Å². The Bertz CT molecular complexity index is 984. The van der Waals surface area contributed by atoms with Crippen molar-refractivity contribution in [3.8, 4) is 0 Å². The van der Waals surface area contributed by atoms with Gasteiger partial charge in [-0.3, -0.25) is 4.90 Å². The average Bonchev–Trinajstić information content (AvgIpc) is 3.11. The maximum absolute atomic E-state index is 13.6. The molecule has 2 aromatic carbocycles. The van der Waals surface area contributed by atoms with Gasteiger partial charge in [0.15, 0.2) is 0 Å². The first-order valence-electron chi connectivity index (χ1n) is 11.3. The maximum Gasteiger partial charge on any atom is 0.411 e. The minimum atomic E-state index is -0.950. The third-order valence-corrected chi connectivity index (χ3v) is 6.15. The summed E-state index contributed by atoms with van der Waals surface area (Å²) in [6.07, 6.45) is -0.790. The highest BCUT2D eigenvalue weighted by atomic mass is 16.6. The van der Waals surface area contributed by atoms with Crippen LogP contribution in [0, 0.1) is 5.41 Å². The number of benzene rings is 2. The fraction of sp³-hybridized carbons (Fsp3) is 0.538. The summed E-state index contributed by atoms with van der Waals surface area (Å²) in [6, 6.07) is 13.3. The Morgan fingerprint density at radius 2 is 1.69 bits per heavy atom. The predicted octanol–water partition coefficient (Wildman–Crippen LogP) is 6.30. The van der Waals surface area contributed by atoms with Crippen molar-refractivity contribution in [2.45, 2.75) is 78.6 Å². The van der Waals surface area contributed by atoms with Gasteiger partial charge in [0.05, 0.1) is 18.1 Å². The Balaban J connectivity index is 2.11. The van der Waals surface area contributed by atoms with E-state index in [1.54, 1.807) is 4.90 Å². The average molecular weight is 441 g/mol. The lowest BCUT2D eigenvalue weighted by Crippen LogP contribution is -2.55. The highest BCUT2D eigenvalue weighted by Crippen LogP contribution is 2.40. The van der Waals surface area contributed by atoms with Crippen LogP contribution < -0.4 is 0 Å². The molecule has 1 fully saturated rings. The number of fused-ring (bicyclic) bond motifs is 1. The summed E-state index contributed by atoms with van der Waals surface area (Å²) in [4.78, 5) is 28.9. The minimum absolute atomic E-state index is 0.292. The quantitative estimate of drug-likeness (QED) is 0.607. The second-order valence-electron chi connectivity index (χ2n) is 10.8. The number of ether oxygens (including phenoxy) is 1.